The summed E-state index contributed by atoms with van der Waals surface area (Å²) in [6, 6.07) is 9.34. The zero-order chi connectivity index (χ0) is 25.4. The minimum atomic E-state index is -0.430. The van der Waals surface area contributed by atoms with E-state index in [0.717, 1.165) is 31.2 Å². The number of ether oxygens (including phenoxy) is 1. The highest BCUT2D eigenvalue weighted by atomic mass is 19.1. The lowest BCUT2D eigenvalue weighted by atomic mass is 10.1. The fraction of sp³-hybridized carbons (Fsp3) is 0.308. The zero-order valence-electron chi connectivity index (χ0n) is 20.6. The third kappa shape index (κ3) is 4.59. The van der Waals surface area contributed by atoms with E-state index in [0.29, 0.717) is 34.3 Å². The largest absolute Gasteiger partial charge is 0.473 e. The van der Waals surface area contributed by atoms with E-state index in [9.17, 15) is 9.18 Å². The molecule has 0 fully saturated rings. The van der Waals surface area contributed by atoms with Gasteiger partial charge in [-0.1, -0.05) is 5.16 Å². The molecule has 1 N–H and O–H groups in total. The van der Waals surface area contributed by atoms with Crippen molar-refractivity contribution < 1.29 is 18.4 Å². The number of nitrogens with zero attached hydrogens (tertiary/aromatic N) is 5. The van der Waals surface area contributed by atoms with Crippen molar-refractivity contribution in [2.75, 3.05) is 18.9 Å². The fourth-order valence-corrected chi connectivity index (χ4v) is 4.21. The number of fused-ring (bicyclic) bond motifs is 1. The number of carbonyl (C=O) groups is 1. The van der Waals surface area contributed by atoms with Crippen LogP contribution in [0.5, 0.6) is 5.88 Å². The number of halogens is 1. The van der Waals surface area contributed by atoms with Crippen molar-refractivity contribution in [2.24, 2.45) is 0 Å². The highest BCUT2D eigenvalue weighted by molar-refractivity contribution is 6.09. The predicted octanol–water partition coefficient (Wildman–Crippen LogP) is 4.53. The Morgan fingerprint density at radius 3 is 2.69 bits per heavy atom. The first-order valence-electron chi connectivity index (χ1n) is 11.7. The Hall–Kier alpha value is -4.05. The Bertz CT molecular complexity index is 1410. The summed E-state index contributed by atoms with van der Waals surface area (Å²) in [6.07, 6.45) is 1.66. The average molecular weight is 491 g/mol. The number of carbonyl (C=O) groups excluding carboxylic acids is 1. The molecule has 1 aromatic carbocycles. The molecule has 36 heavy (non-hydrogen) atoms. The van der Waals surface area contributed by atoms with Crippen LogP contribution in [-0.2, 0) is 13.1 Å². The molecule has 0 aliphatic carbocycles. The number of aryl methyl sites for hydroxylation is 1. The molecule has 0 saturated carbocycles. The molecule has 4 aromatic rings. The highest BCUT2D eigenvalue weighted by Gasteiger charge is 2.24. The molecule has 4 heterocycles. The standard InChI is InChI=1S/C26H27FN6O3/c1-15(2)35-26-20(10-9-19(30-26)21-13-28-22-14-32(4)11-12-33(21)22)29-25(34)23-16(3)36-31-24(23)17-5-7-18(27)8-6-17/h5-10,13,15H,11-12,14H2,1-4H3,(H,29,34). The smallest absolute Gasteiger partial charge is 0.261 e. The molecule has 5 rings (SSSR count). The van der Waals surface area contributed by atoms with Gasteiger partial charge in [-0.2, -0.15) is 0 Å². The van der Waals surface area contributed by atoms with E-state index in [1.165, 1.54) is 12.1 Å². The van der Waals surface area contributed by atoms with E-state index >= 15 is 0 Å². The molecule has 1 aliphatic heterocycles. The Morgan fingerprint density at radius 2 is 1.94 bits per heavy atom. The number of pyridine rings is 1. The van der Waals surface area contributed by atoms with Crippen molar-refractivity contribution in [3.05, 3.63) is 65.6 Å². The number of nitrogens with one attached hydrogen (secondary N) is 1. The number of rotatable bonds is 6. The van der Waals surface area contributed by atoms with Crippen LogP contribution in [0.3, 0.4) is 0 Å². The van der Waals surface area contributed by atoms with E-state index < -0.39 is 5.91 Å². The van der Waals surface area contributed by atoms with Gasteiger partial charge in [-0.3, -0.25) is 9.69 Å². The molecule has 9 nitrogen and oxygen atoms in total. The summed E-state index contributed by atoms with van der Waals surface area (Å²) in [4.78, 5) is 24.9. The van der Waals surface area contributed by atoms with Crippen molar-refractivity contribution in [3.8, 4) is 28.5 Å². The highest BCUT2D eigenvalue weighted by Crippen LogP contribution is 2.31. The van der Waals surface area contributed by atoms with E-state index in [2.05, 4.69) is 32.0 Å². The van der Waals surface area contributed by atoms with Gasteiger partial charge >= 0.3 is 0 Å². The molecule has 0 bridgehead atoms. The molecule has 0 unspecified atom stereocenters. The number of benzene rings is 1. The number of amides is 1. The number of hydrogen-bond donors (Lipinski definition) is 1. The summed E-state index contributed by atoms with van der Waals surface area (Å²) in [5.41, 5.74) is 3.19. The monoisotopic (exact) mass is 490 g/mol. The molecule has 1 aliphatic rings. The number of anilines is 1. The van der Waals surface area contributed by atoms with Gasteiger partial charge in [-0.25, -0.2) is 14.4 Å². The van der Waals surface area contributed by atoms with E-state index in [1.807, 2.05) is 26.1 Å². The van der Waals surface area contributed by atoms with Crippen LogP contribution >= 0.6 is 0 Å². The molecule has 0 saturated heterocycles. The molecule has 186 valence electrons. The Balaban J connectivity index is 1.47. The first kappa shape index (κ1) is 23.7. The maximum atomic E-state index is 13.4. The summed E-state index contributed by atoms with van der Waals surface area (Å²) < 4.78 is 26.8. The van der Waals surface area contributed by atoms with Gasteiger partial charge in [0.15, 0.2) is 0 Å². The minimum Gasteiger partial charge on any atom is -0.473 e. The summed E-state index contributed by atoms with van der Waals surface area (Å²) in [7, 11) is 2.07. The molecular weight excluding hydrogens is 463 g/mol. The van der Waals surface area contributed by atoms with Gasteiger partial charge in [0.05, 0.1) is 30.2 Å². The van der Waals surface area contributed by atoms with E-state index in [-0.39, 0.29) is 17.5 Å². The molecule has 3 aromatic heterocycles. The summed E-state index contributed by atoms with van der Waals surface area (Å²) in [5, 5.41) is 6.92. The minimum absolute atomic E-state index is 0.163. The number of hydrogen-bond acceptors (Lipinski definition) is 7. The van der Waals surface area contributed by atoms with Crippen molar-refractivity contribution in [1.29, 1.82) is 0 Å². The van der Waals surface area contributed by atoms with Gasteiger partial charge in [-0.15, -0.1) is 0 Å². The normalized spacial score (nSPS) is 13.6. The van der Waals surface area contributed by atoms with Gasteiger partial charge in [0.1, 0.15) is 34.3 Å². The number of likely N-dealkylation sites (N-methyl/N-ethyl adjacent to an activating group) is 1. The van der Waals surface area contributed by atoms with Crippen LogP contribution in [-0.4, -0.2) is 50.2 Å². The Kier molecular flexibility index (Phi) is 6.27. The fourth-order valence-electron chi connectivity index (χ4n) is 4.21. The van der Waals surface area contributed by atoms with E-state index in [4.69, 9.17) is 14.2 Å². The van der Waals surface area contributed by atoms with Crippen molar-refractivity contribution in [1.82, 2.24) is 24.6 Å². The van der Waals surface area contributed by atoms with Crippen LogP contribution in [0, 0.1) is 12.7 Å². The first-order chi connectivity index (χ1) is 17.3. The molecule has 0 spiro atoms. The van der Waals surface area contributed by atoms with Gasteiger partial charge < -0.3 is 19.1 Å². The van der Waals surface area contributed by atoms with Gasteiger partial charge in [-0.05, 0) is 64.2 Å². The van der Waals surface area contributed by atoms with Crippen molar-refractivity contribution in [2.45, 2.75) is 40.0 Å². The molecular formula is C26H27FN6O3. The second-order valence-electron chi connectivity index (χ2n) is 9.09. The summed E-state index contributed by atoms with van der Waals surface area (Å²) in [6.45, 7) is 7.97. The molecule has 0 atom stereocenters. The van der Waals surface area contributed by atoms with E-state index in [1.54, 1.807) is 25.1 Å². The maximum absolute atomic E-state index is 13.4. The van der Waals surface area contributed by atoms with Crippen LogP contribution in [0.2, 0.25) is 0 Å². The van der Waals surface area contributed by atoms with Crippen LogP contribution in [0.15, 0.2) is 47.1 Å². The van der Waals surface area contributed by atoms with Gasteiger partial charge in [0.2, 0.25) is 5.88 Å². The zero-order valence-corrected chi connectivity index (χ0v) is 20.6. The SMILES string of the molecule is Cc1onc(-c2ccc(F)cc2)c1C(=O)Nc1ccc(-c2cnc3n2CCN(C)C3)nc1OC(C)C. The topological polar surface area (TPSA) is 98.3 Å². The van der Waals surface area contributed by atoms with Crippen LogP contribution in [0.1, 0.15) is 35.8 Å². The molecule has 10 heteroatoms. The second-order valence-corrected chi connectivity index (χ2v) is 9.09. The van der Waals surface area contributed by atoms with Crippen molar-refractivity contribution in [3.63, 3.8) is 0 Å². The summed E-state index contributed by atoms with van der Waals surface area (Å²) in [5.74, 6) is 0.829. The van der Waals surface area contributed by atoms with Crippen LogP contribution in [0.4, 0.5) is 10.1 Å². The second kappa shape index (κ2) is 9.54. The van der Waals surface area contributed by atoms with Crippen LogP contribution in [0.25, 0.3) is 22.6 Å². The Morgan fingerprint density at radius 1 is 1.17 bits per heavy atom. The molecule has 0 radical (unpaired) electrons. The lowest BCUT2D eigenvalue weighted by molar-refractivity contribution is 0.102. The lowest BCUT2D eigenvalue weighted by Crippen LogP contribution is -2.30. The van der Waals surface area contributed by atoms with Crippen molar-refractivity contribution >= 4 is 11.6 Å². The predicted molar refractivity (Wildman–Crippen MR) is 132 cm³/mol. The third-order valence-electron chi connectivity index (χ3n) is 5.98. The van der Waals surface area contributed by atoms with Crippen LogP contribution < -0.4 is 10.1 Å². The summed E-state index contributed by atoms with van der Waals surface area (Å²) >= 11 is 0. The quantitative estimate of drug-likeness (QED) is 0.424. The van der Waals surface area contributed by atoms with Gasteiger partial charge in [0, 0.05) is 18.7 Å². The first-order valence-corrected chi connectivity index (χ1v) is 11.7. The average Bonchev–Trinajstić information content (AvgIpc) is 3.43. The molecule has 1 amide bonds. The number of aromatic nitrogens is 4. The maximum Gasteiger partial charge on any atom is 0.261 e. The number of imidazole rings is 1. The Labute approximate surface area is 207 Å². The van der Waals surface area contributed by atoms with Gasteiger partial charge in [0.25, 0.3) is 5.91 Å². The third-order valence-corrected chi connectivity index (χ3v) is 5.98. The lowest BCUT2D eigenvalue weighted by Gasteiger charge is -2.24.